The predicted octanol–water partition coefficient (Wildman–Crippen LogP) is 4.77. The van der Waals surface area contributed by atoms with Gasteiger partial charge in [0.2, 0.25) is 5.91 Å². The first kappa shape index (κ1) is 19.0. The number of thiazole rings is 1. The average Bonchev–Trinajstić information content (AvgIpc) is 3.34. The van der Waals surface area contributed by atoms with Gasteiger partial charge in [-0.15, -0.1) is 21.5 Å². The summed E-state index contributed by atoms with van der Waals surface area (Å²) in [4.78, 5) is 16.7. The highest BCUT2D eigenvalue weighted by Crippen LogP contribution is 2.31. The van der Waals surface area contributed by atoms with Crippen LogP contribution in [0.5, 0.6) is 0 Å². The summed E-state index contributed by atoms with van der Waals surface area (Å²) in [5.41, 5.74) is 1.61. The number of benzene rings is 1. The highest BCUT2D eigenvalue weighted by atomic mass is 35.5. The molecule has 1 N–H and O–H groups in total. The molecule has 7 nitrogen and oxygen atoms in total. The number of thioether (sulfide) groups is 1. The maximum Gasteiger partial charge on any atom is 0.239 e. The van der Waals surface area contributed by atoms with Gasteiger partial charge in [0.05, 0.1) is 10.9 Å². The van der Waals surface area contributed by atoms with E-state index < -0.39 is 0 Å². The third-order valence-corrected chi connectivity index (χ3v) is 6.28. The van der Waals surface area contributed by atoms with Crippen molar-refractivity contribution in [1.29, 1.82) is 0 Å². The highest BCUT2D eigenvalue weighted by molar-refractivity contribution is 8.00. The van der Waals surface area contributed by atoms with Gasteiger partial charge in [0.25, 0.3) is 0 Å². The van der Waals surface area contributed by atoms with E-state index in [4.69, 9.17) is 16.0 Å². The van der Waals surface area contributed by atoms with Gasteiger partial charge < -0.3 is 14.3 Å². The van der Waals surface area contributed by atoms with E-state index in [1.54, 1.807) is 10.6 Å². The number of rotatable bonds is 5. The molecule has 0 aliphatic heterocycles. The van der Waals surface area contributed by atoms with Crippen LogP contribution >= 0.6 is 34.7 Å². The molecule has 1 aromatic carbocycles. The number of aryl methyl sites for hydroxylation is 1. The molecule has 0 bridgehead atoms. The fraction of sp³-hybridized carbons (Fsp3) is 0.222. The number of nitrogens with zero attached hydrogens (tertiary/aromatic N) is 4. The van der Waals surface area contributed by atoms with Crippen molar-refractivity contribution in [3.63, 3.8) is 0 Å². The lowest BCUT2D eigenvalue weighted by atomic mass is 10.2. The van der Waals surface area contributed by atoms with Gasteiger partial charge in [0.15, 0.2) is 21.9 Å². The molecule has 0 unspecified atom stereocenters. The zero-order valence-electron chi connectivity index (χ0n) is 15.3. The molecule has 10 heteroatoms. The number of halogens is 1. The third-order valence-electron chi connectivity index (χ3n) is 4.03. The fourth-order valence-electron chi connectivity index (χ4n) is 2.59. The molecule has 4 aromatic rings. The Kier molecular flexibility index (Phi) is 5.13. The van der Waals surface area contributed by atoms with Crippen molar-refractivity contribution in [3.05, 3.63) is 40.4 Å². The van der Waals surface area contributed by atoms with Crippen molar-refractivity contribution in [1.82, 2.24) is 19.7 Å². The molecule has 0 saturated heterocycles. The van der Waals surface area contributed by atoms with Crippen molar-refractivity contribution >= 4 is 56.7 Å². The average molecular weight is 434 g/mol. The first-order chi connectivity index (χ1) is 13.4. The first-order valence-corrected chi connectivity index (χ1v) is 10.5. The Morgan fingerprint density at radius 2 is 2.18 bits per heavy atom. The number of furan rings is 1. The molecule has 0 radical (unpaired) electrons. The van der Waals surface area contributed by atoms with Crippen molar-refractivity contribution in [2.45, 2.75) is 24.3 Å². The fourth-order valence-corrected chi connectivity index (χ4v) is 4.27. The number of aromatic nitrogens is 4. The maximum absolute atomic E-state index is 12.4. The molecule has 28 heavy (non-hydrogen) atoms. The number of hydrogen-bond donors (Lipinski definition) is 1. The molecule has 0 aliphatic carbocycles. The Bertz CT molecular complexity index is 1170. The minimum atomic E-state index is -0.366. The smallest absolute Gasteiger partial charge is 0.239 e. The van der Waals surface area contributed by atoms with Crippen LogP contribution in [0.25, 0.3) is 22.6 Å². The summed E-state index contributed by atoms with van der Waals surface area (Å²) in [6.45, 7) is 3.70. The Morgan fingerprint density at radius 3 is 2.93 bits per heavy atom. The van der Waals surface area contributed by atoms with E-state index in [1.165, 1.54) is 23.1 Å². The summed E-state index contributed by atoms with van der Waals surface area (Å²) >= 11 is 8.76. The zero-order chi connectivity index (χ0) is 19.8. The number of carbonyl (C=O) groups excluding carboxylic acids is 1. The van der Waals surface area contributed by atoms with Crippen LogP contribution in [0.1, 0.15) is 12.6 Å². The van der Waals surface area contributed by atoms with E-state index in [1.807, 2.05) is 44.5 Å². The molecule has 0 aliphatic rings. The number of fused-ring (bicyclic) bond motifs is 1. The SMILES string of the molecule is Cc1csc(NC(=O)[C@@H](C)Sc2nnc(-c3cc4cc(Cl)ccc4o3)n2C)n1. The van der Waals surface area contributed by atoms with E-state index in [9.17, 15) is 4.79 Å². The van der Waals surface area contributed by atoms with Gasteiger partial charge in [0, 0.05) is 22.8 Å². The molecule has 4 rings (SSSR count). The first-order valence-electron chi connectivity index (χ1n) is 8.39. The zero-order valence-corrected chi connectivity index (χ0v) is 17.7. The molecule has 1 atom stereocenters. The second-order valence-electron chi connectivity index (χ2n) is 6.20. The van der Waals surface area contributed by atoms with Gasteiger partial charge in [-0.05, 0) is 38.1 Å². The standard InChI is InChI=1S/C18H16ClN5O2S2/c1-9-8-27-17(20-9)21-16(25)10(2)28-18-23-22-15(24(18)3)14-7-11-6-12(19)4-5-13(11)26-14/h4-8,10H,1-3H3,(H,20,21,25)/t10-/m1/s1. The van der Waals surface area contributed by atoms with Crippen LogP contribution in [0.3, 0.4) is 0 Å². The second-order valence-corrected chi connectivity index (χ2v) is 8.80. The Labute approximate surface area is 174 Å². The van der Waals surface area contributed by atoms with Crippen molar-refractivity contribution in [3.8, 4) is 11.6 Å². The van der Waals surface area contributed by atoms with Crippen molar-refractivity contribution in [2.75, 3.05) is 5.32 Å². The number of nitrogens with one attached hydrogen (secondary N) is 1. The molecular formula is C18H16ClN5O2S2. The number of carbonyl (C=O) groups is 1. The summed E-state index contributed by atoms with van der Waals surface area (Å²) in [6.07, 6.45) is 0. The lowest BCUT2D eigenvalue weighted by molar-refractivity contribution is -0.115. The van der Waals surface area contributed by atoms with E-state index in [-0.39, 0.29) is 11.2 Å². The molecule has 0 spiro atoms. The maximum atomic E-state index is 12.4. The molecule has 3 heterocycles. The third kappa shape index (κ3) is 3.78. The highest BCUT2D eigenvalue weighted by Gasteiger charge is 2.21. The van der Waals surface area contributed by atoms with Crippen LogP contribution in [0.2, 0.25) is 5.02 Å². The number of anilines is 1. The number of hydrogen-bond acceptors (Lipinski definition) is 7. The van der Waals surface area contributed by atoms with Crippen LogP contribution in [0.4, 0.5) is 5.13 Å². The van der Waals surface area contributed by atoms with Gasteiger partial charge in [0.1, 0.15) is 5.58 Å². The Balaban J connectivity index is 1.51. The number of amides is 1. The van der Waals surface area contributed by atoms with Gasteiger partial charge in [-0.2, -0.15) is 0 Å². The summed E-state index contributed by atoms with van der Waals surface area (Å²) in [6, 6.07) is 7.31. The second kappa shape index (κ2) is 7.57. The van der Waals surface area contributed by atoms with Crippen molar-refractivity contribution < 1.29 is 9.21 Å². The molecule has 144 valence electrons. The van der Waals surface area contributed by atoms with Crippen LogP contribution in [-0.4, -0.2) is 30.9 Å². The topological polar surface area (TPSA) is 85.8 Å². The van der Waals surface area contributed by atoms with E-state index in [0.717, 1.165) is 16.7 Å². The molecule has 0 fully saturated rings. The summed E-state index contributed by atoms with van der Waals surface area (Å²) < 4.78 is 7.67. The van der Waals surface area contributed by atoms with Gasteiger partial charge >= 0.3 is 0 Å². The monoisotopic (exact) mass is 433 g/mol. The van der Waals surface area contributed by atoms with E-state index in [2.05, 4.69) is 20.5 Å². The normalized spacial score (nSPS) is 12.4. The van der Waals surface area contributed by atoms with Crippen molar-refractivity contribution in [2.24, 2.45) is 7.05 Å². The van der Waals surface area contributed by atoms with Gasteiger partial charge in [-0.1, -0.05) is 23.4 Å². The quantitative estimate of drug-likeness (QED) is 0.456. The largest absolute Gasteiger partial charge is 0.453 e. The molecule has 0 saturated carbocycles. The van der Waals surface area contributed by atoms with E-state index in [0.29, 0.717) is 26.9 Å². The predicted molar refractivity (Wildman–Crippen MR) is 112 cm³/mol. The Hall–Kier alpha value is -2.36. The summed E-state index contributed by atoms with van der Waals surface area (Å²) in [5, 5.41) is 15.5. The van der Waals surface area contributed by atoms with Crippen LogP contribution in [-0.2, 0) is 11.8 Å². The van der Waals surface area contributed by atoms with Crippen LogP contribution in [0.15, 0.2) is 39.2 Å². The van der Waals surface area contributed by atoms with Gasteiger partial charge in [-0.3, -0.25) is 4.79 Å². The molecular weight excluding hydrogens is 418 g/mol. The van der Waals surface area contributed by atoms with E-state index >= 15 is 0 Å². The lowest BCUT2D eigenvalue weighted by Gasteiger charge is -2.09. The lowest BCUT2D eigenvalue weighted by Crippen LogP contribution is -2.22. The van der Waals surface area contributed by atoms with Gasteiger partial charge in [-0.25, -0.2) is 4.98 Å². The minimum Gasteiger partial charge on any atom is -0.453 e. The Morgan fingerprint density at radius 1 is 1.36 bits per heavy atom. The van der Waals surface area contributed by atoms with Crippen LogP contribution in [0, 0.1) is 6.92 Å². The summed E-state index contributed by atoms with van der Waals surface area (Å²) in [5.74, 6) is 1.04. The van der Waals surface area contributed by atoms with Crippen LogP contribution < -0.4 is 5.32 Å². The molecule has 3 aromatic heterocycles. The minimum absolute atomic E-state index is 0.137. The summed E-state index contributed by atoms with van der Waals surface area (Å²) in [7, 11) is 1.84. The molecule has 1 amide bonds.